The Labute approximate surface area is 118 Å². The van der Waals surface area contributed by atoms with Crippen LogP contribution in [0.15, 0.2) is 0 Å². The summed E-state index contributed by atoms with van der Waals surface area (Å²) >= 11 is 1.32. The Morgan fingerprint density at radius 2 is 2.32 bits per heavy atom. The van der Waals surface area contributed by atoms with E-state index in [2.05, 4.69) is 22.5 Å². The number of nitrogens with one attached hydrogen (secondary N) is 2. The zero-order chi connectivity index (χ0) is 13.8. The molecule has 106 valence electrons. The lowest BCUT2D eigenvalue weighted by Crippen LogP contribution is -2.28. The van der Waals surface area contributed by atoms with Crippen LogP contribution in [0.25, 0.3) is 0 Å². The van der Waals surface area contributed by atoms with E-state index in [0.717, 1.165) is 19.0 Å². The minimum atomic E-state index is -0.0984. The number of nitrogens with zero attached hydrogens (tertiary/aromatic N) is 1. The zero-order valence-corrected chi connectivity index (χ0v) is 12.3. The van der Waals surface area contributed by atoms with Crippen molar-refractivity contribution in [3.05, 3.63) is 4.88 Å². The second-order valence-electron chi connectivity index (χ2n) is 5.26. The maximum absolute atomic E-state index is 12.1. The zero-order valence-electron chi connectivity index (χ0n) is 11.5. The van der Waals surface area contributed by atoms with Crippen LogP contribution in [0.4, 0.5) is 10.9 Å². The van der Waals surface area contributed by atoms with Gasteiger partial charge >= 0.3 is 0 Å². The SMILES string of the molecule is CCNc1nc(N)c(C(=O)NCC2CCC(C)C2)s1. The average Bonchev–Trinajstić information content (AvgIpc) is 2.93. The summed E-state index contributed by atoms with van der Waals surface area (Å²) in [6.07, 6.45) is 3.69. The third-order valence-corrected chi connectivity index (χ3v) is 4.57. The van der Waals surface area contributed by atoms with Gasteiger partial charge in [0.1, 0.15) is 10.7 Å². The van der Waals surface area contributed by atoms with Gasteiger partial charge in [0.2, 0.25) is 0 Å². The Kier molecular flexibility index (Phi) is 4.63. The predicted molar refractivity (Wildman–Crippen MR) is 79.5 cm³/mol. The average molecular weight is 282 g/mol. The lowest BCUT2D eigenvalue weighted by Gasteiger charge is -2.10. The molecule has 1 amide bonds. The molecule has 1 aliphatic carbocycles. The Bertz CT molecular complexity index is 446. The molecular weight excluding hydrogens is 260 g/mol. The molecule has 4 N–H and O–H groups in total. The second kappa shape index (κ2) is 6.23. The highest BCUT2D eigenvalue weighted by molar-refractivity contribution is 7.18. The number of hydrogen-bond acceptors (Lipinski definition) is 5. The Hall–Kier alpha value is -1.30. The Morgan fingerprint density at radius 3 is 2.95 bits per heavy atom. The fourth-order valence-electron chi connectivity index (χ4n) is 2.55. The van der Waals surface area contributed by atoms with Crippen LogP contribution >= 0.6 is 11.3 Å². The van der Waals surface area contributed by atoms with Crippen molar-refractivity contribution in [1.82, 2.24) is 10.3 Å². The third kappa shape index (κ3) is 3.59. The van der Waals surface area contributed by atoms with Crippen LogP contribution in [-0.4, -0.2) is 24.0 Å². The van der Waals surface area contributed by atoms with Gasteiger partial charge in [0, 0.05) is 13.1 Å². The van der Waals surface area contributed by atoms with Gasteiger partial charge in [0.05, 0.1) is 0 Å². The molecule has 2 rings (SSSR count). The van der Waals surface area contributed by atoms with Gasteiger partial charge in [-0.15, -0.1) is 0 Å². The summed E-state index contributed by atoms with van der Waals surface area (Å²) in [4.78, 5) is 16.7. The molecule has 0 bridgehead atoms. The van der Waals surface area contributed by atoms with E-state index >= 15 is 0 Å². The first kappa shape index (κ1) is 14.1. The van der Waals surface area contributed by atoms with Gasteiger partial charge in [0.15, 0.2) is 5.13 Å². The smallest absolute Gasteiger partial charge is 0.265 e. The second-order valence-corrected chi connectivity index (χ2v) is 6.26. The highest BCUT2D eigenvalue weighted by atomic mass is 32.1. The molecule has 1 aromatic rings. The summed E-state index contributed by atoms with van der Waals surface area (Å²) in [6.45, 7) is 5.77. The van der Waals surface area contributed by atoms with Gasteiger partial charge in [-0.1, -0.05) is 24.7 Å². The largest absolute Gasteiger partial charge is 0.382 e. The van der Waals surface area contributed by atoms with Crippen molar-refractivity contribution in [3.63, 3.8) is 0 Å². The minimum absolute atomic E-state index is 0.0984. The molecule has 0 saturated heterocycles. The van der Waals surface area contributed by atoms with Crippen LogP contribution in [-0.2, 0) is 0 Å². The third-order valence-electron chi connectivity index (χ3n) is 3.54. The van der Waals surface area contributed by atoms with E-state index in [1.807, 2.05) is 6.92 Å². The first-order chi connectivity index (χ1) is 9.10. The molecule has 0 aliphatic heterocycles. The van der Waals surface area contributed by atoms with Crippen molar-refractivity contribution in [1.29, 1.82) is 0 Å². The monoisotopic (exact) mass is 282 g/mol. The molecule has 2 atom stereocenters. The quantitative estimate of drug-likeness (QED) is 0.774. The lowest BCUT2D eigenvalue weighted by molar-refractivity contribution is 0.0952. The minimum Gasteiger partial charge on any atom is -0.382 e. The number of nitrogen functional groups attached to an aromatic ring is 1. The predicted octanol–water partition coefficient (Wildman–Crippen LogP) is 2.32. The fraction of sp³-hybridized carbons (Fsp3) is 0.692. The molecule has 1 saturated carbocycles. The van der Waals surface area contributed by atoms with Crippen LogP contribution in [0.5, 0.6) is 0 Å². The van der Waals surface area contributed by atoms with Crippen LogP contribution < -0.4 is 16.4 Å². The van der Waals surface area contributed by atoms with Crippen LogP contribution in [0.2, 0.25) is 0 Å². The maximum Gasteiger partial charge on any atom is 0.265 e. The normalized spacial score (nSPS) is 22.4. The standard InChI is InChI=1S/C13H22N4OS/c1-3-15-13-17-11(14)10(19-13)12(18)16-7-9-5-4-8(2)6-9/h8-9H,3-7,14H2,1-2H3,(H,15,17)(H,16,18). The molecule has 1 aliphatic rings. The summed E-state index contributed by atoms with van der Waals surface area (Å²) in [6, 6.07) is 0. The van der Waals surface area contributed by atoms with Crippen molar-refractivity contribution in [2.24, 2.45) is 11.8 Å². The molecular formula is C13H22N4OS. The molecule has 0 radical (unpaired) electrons. The first-order valence-corrected chi connectivity index (χ1v) is 7.70. The topological polar surface area (TPSA) is 80.0 Å². The van der Waals surface area contributed by atoms with Crippen molar-refractivity contribution in [3.8, 4) is 0 Å². The van der Waals surface area contributed by atoms with Gasteiger partial charge < -0.3 is 16.4 Å². The van der Waals surface area contributed by atoms with Crippen LogP contribution in [0.1, 0.15) is 42.8 Å². The number of carbonyl (C=O) groups is 1. The Balaban J connectivity index is 1.88. The molecule has 6 heteroatoms. The summed E-state index contributed by atoms with van der Waals surface area (Å²) in [5.41, 5.74) is 5.78. The van der Waals surface area contributed by atoms with Crippen molar-refractivity contribution >= 4 is 28.2 Å². The van der Waals surface area contributed by atoms with Crippen molar-refractivity contribution < 1.29 is 4.79 Å². The summed E-state index contributed by atoms with van der Waals surface area (Å²) in [7, 11) is 0. The number of carbonyl (C=O) groups excluding carboxylic acids is 1. The van der Waals surface area contributed by atoms with E-state index in [0.29, 0.717) is 21.7 Å². The maximum atomic E-state index is 12.1. The molecule has 1 fully saturated rings. The van der Waals surface area contributed by atoms with Gasteiger partial charge in [-0.25, -0.2) is 4.98 Å². The molecule has 1 heterocycles. The van der Waals surface area contributed by atoms with E-state index in [1.54, 1.807) is 0 Å². The molecule has 5 nitrogen and oxygen atoms in total. The highest BCUT2D eigenvalue weighted by Crippen LogP contribution is 2.30. The van der Waals surface area contributed by atoms with Gasteiger partial charge in [-0.3, -0.25) is 4.79 Å². The van der Waals surface area contributed by atoms with E-state index < -0.39 is 0 Å². The molecule has 19 heavy (non-hydrogen) atoms. The number of amides is 1. The van der Waals surface area contributed by atoms with Crippen LogP contribution in [0, 0.1) is 11.8 Å². The number of rotatable bonds is 5. The Morgan fingerprint density at radius 1 is 1.53 bits per heavy atom. The lowest BCUT2D eigenvalue weighted by atomic mass is 10.1. The number of aromatic nitrogens is 1. The summed E-state index contributed by atoms with van der Waals surface area (Å²) < 4.78 is 0. The number of nitrogens with two attached hydrogens (primary N) is 1. The molecule has 0 spiro atoms. The van der Waals surface area contributed by atoms with Gasteiger partial charge in [-0.2, -0.15) is 0 Å². The van der Waals surface area contributed by atoms with E-state index in [-0.39, 0.29) is 5.91 Å². The van der Waals surface area contributed by atoms with Crippen molar-refractivity contribution in [2.75, 3.05) is 24.1 Å². The van der Waals surface area contributed by atoms with Gasteiger partial charge in [-0.05, 0) is 31.6 Å². The number of hydrogen-bond donors (Lipinski definition) is 3. The summed E-state index contributed by atoms with van der Waals surface area (Å²) in [5.74, 6) is 1.62. The first-order valence-electron chi connectivity index (χ1n) is 6.88. The van der Waals surface area contributed by atoms with Crippen LogP contribution in [0.3, 0.4) is 0 Å². The van der Waals surface area contributed by atoms with Crippen molar-refractivity contribution in [2.45, 2.75) is 33.1 Å². The number of anilines is 2. The van der Waals surface area contributed by atoms with E-state index in [4.69, 9.17) is 5.73 Å². The van der Waals surface area contributed by atoms with E-state index in [1.165, 1.54) is 30.6 Å². The fourth-order valence-corrected chi connectivity index (χ4v) is 3.42. The molecule has 1 aromatic heterocycles. The van der Waals surface area contributed by atoms with Gasteiger partial charge in [0.25, 0.3) is 5.91 Å². The molecule has 2 unspecified atom stereocenters. The summed E-state index contributed by atoms with van der Waals surface area (Å²) in [5, 5.41) is 6.76. The number of thiazole rings is 1. The van der Waals surface area contributed by atoms with E-state index in [9.17, 15) is 4.79 Å². The molecule has 0 aromatic carbocycles. The highest BCUT2D eigenvalue weighted by Gasteiger charge is 2.23.